The van der Waals surface area contributed by atoms with Gasteiger partial charge in [0.1, 0.15) is 6.10 Å². The van der Waals surface area contributed by atoms with Crippen LogP contribution in [0.2, 0.25) is 0 Å². The third-order valence-corrected chi connectivity index (χ3v) is 5.45. The van der Waals surface area contributed by atoms with Crippen molar-refractivity contribution in [2.75, 3.05) is 32.1 Å². The molecule has 5 atom stereocenters. The number of aliphatic hydroxyl groups is 2. The Labute approximate surface area is 159 Å². The predicted molar refractivity (Wildman–Crippen MR) is 103 cm³/mol. The molecule has 0 unspecified atom stereocenters. The Kier molecular flexibility index (Phi) is 5.76. The van der Waals surface area contributed by atoms with Crippen LogP contribution in [0, 0.1) is 5.92 Å². The Morgan fingerprint density at radius 1 is 1.35 bits per heavy atom. The van der Waals surface area contributed by atoms with Gasteiger partial charge < -0.3 is 30.6 Å². The van der Waals surface area contributed by atoms with E-state index in [2.05, 4.69) is 10.6 Å². The average molecular weight is 380 g/mol. The highest BCUT2D eigenvalue weighted by Gasteiger charge is 2.53. The molecule has 3 rings (SSSR count). The lowest BCUT2D eigenvalue weighted by Gasteiger charge is -2.41. The maximum Gasteiger partial charge on any atom is 0.225 e. The molecule has 0 spiro atoms. The van der Waals surface area contributed by atoms with Crippen LogP contribution in [0.15, 0.2) is 30.3 Å². The van der Waals surface area contributed by atoms with Gasteiger partial charge in [0, 0.05) is 5.69 Å². The summed E-state index contributed by atoms with van der Waals surface area (Å²) in [6.07, 6.45) is -1.73. The molecule has 1 aliphatic heterocycles. The van der Waals surface area contributed by atoms with Crippen molar-refractivity contribution in [2.24, 2.45) is 5.92 Å². The van der Waals surface area contributed by atoms with Gasteiger partial charge in [-0.1, -0.05) is 18.2 Å². The molecule has 26 heavy (non-hydrogen) atoms. The van der Waals surface area contributed by atoms with Crippen molar-refractivity contribution < 1.29 is 19.9 Å². The maximum absolute atomic E-state index is 12.8. The first-order chi connectivity index (χ1) is 12.4. The van der Waals surface area contributed by atoms with Crippen LogP contribution in [0.1, 0.15) is 6.42 Å². The van der Waals surface area contributed by atoms with Crippen molar-refractivity contribution in [1.29, 1.82) is 0 Å². The number of quaternary nitrogens is 1. The van der Waals surface area contributed by atoms with Crippen LogP contribution >= 0.6 is 12.2 Å². The number of para-hydroxylation sites is 1. The molecule has 1 aromatic rings. The number of benzene rings is 1. The summed E-state index contributed by atoms with van der Waals surface area (Å²) in [5.41, 5.74) is 0.872. The van der Waals surface area contributed by atoms with Crippen LogP contribution in [0.25, 0.3) is 0 Å². The van der Waals surface area contributed by atoms with Gasteiger partial charge in [0.25, 0.3) is 0 Å². The minimum Gasteiger partial charge on any atom is -0.390 e. The standard InChI is InChI=1S/C18H26N4O3S/c1-21(2)9-8-19-17(25)12-10-13(23)16(24)14-15(12)22(18(26)20-14)11-6-4-3-5-7-11/h3-7,12-16,23-24H,8-10H2,1-2H3,(H,19,25)(H,20,26)/p+1/t12-,13-,14-,15-,16+/m1/s1. The molecule has 2 aliphatic rings. The van der Waals surface area contributed by atoms with Gasteiger partial charge in [-0.05, 0) is 30.8 Å². The molecule has 1 aromatic carbocycles. The highest BCUT2D eigenvalue weighted by molar-refractivity contribution is 7.80. The number of thiocarbonyl (C=S) groups is 1. The number of amides is 1. The predicted octanol–water partition coefficient (Wildman–Crippen LogP) is -1.88. The first-order valence-electron chi connectivity index (χ1n) is 8.98. The molecule has 5 N–H and O–H groups in total. The van der Waals surface area contributed by atoms with Crippen molar-refractivity contribution in [1.82, 2.24) is 10.6 Å². The largest absolute Gasteiger partial charge is 0.390 e. The van der Waals surface area contributed by atoms with Gasteiger partial charge in [-0.2, -0.15) is 0 Å². The molecule has 142 valence electrons. The molecule has 2 fully saturated rings. The smallest absolute Gasteiger partial charge is 0.225 e. The van der Waals surface area contributed by atoms with Crippen molar-refractivity contribution in [2.45, 2.75) is 30.7 Å². The molecule has 0 aromatic heterocycles. The van der Waals surface area contributed by atoms with Gasteiger partial charge >= 0.3 is 0 Å². The summed E-state index contributed by atoms with van der Waals surface area (Å²) in [5.74, 6) is -0.580. The quantitative estimate of drug-likeness (QED) is 0.385. The van der Waals surface area contributed by atoms with E-state index in [1.807, 2.05) is 49.3 Å². The summed E-state index contributed by atoms with van der Waals surface area (Å²) in [6.45, 7) is 1.38. The van der Waals surface area contributed by atoms with E-state index in [1.165, 1.54) is 4.90 Å². The van der Waals surface area contributed by atoms with Gasteiger partial charge in [-0.3, -0.25) is 4.79 Å². The maximum atomic E-state index is 12.8. The third-order valence-electron chi connectivity index (χ3n) is 5.14. The van der Waals surface area contributed by atoms with Crippen molar-refractivity contribution >= 4 is 28.9 Å². The molecule has 0 bridgehead atoms. The Hall–Kier alpha value is -1.74. The fourth-order valence-corrected chi connectivity index (χ4v) is 4.16. The van der Waals surface area contributed by atoms with Crippen molar-refractivity contribution in [3.8, 4) is 0 Å². The van der Waals surface area contributed by atoms with Crippen LogP contribution in [0.3, 0.4) is 0 Å². The summed E-state index contributed by atoms with van der Waals surface area (Å²) in [4.78, 5) is 16.0. The monoisotopic (exact) mass is 379 g/mol. The van der Waals surface area contributed by atoms with E-state index in [0.717, 1.165) is 12.2 Å². The van der Waals surface area contributed by atoms with Crippen molar-refractivity contribution in [3.05, 3.63) is 30.3 Å². The molecule has 1 aliphatic carbocycles. The molecule has 7 nitrogen and oxygen atoms in total. The fourth-order valence-electron chi connectivity index (χ4n) is 3.80. The summed E-state index contributed by atoms with van der Waals surface area (Å²) in [7, 11) is 4.05. The number of rotatable bonds is 5. The van der Waals surface area contributed by atoms with E-state index < -0.39 is 24.2 Å². The van der Waals surface area contributed by atoms with Crippen LogP contribution in [0.4, 0.5) is 5.69 Å². The van der Waals surface area contributed by atoms with E-state index in [-0.39, 0.29) is 18.4 Å². The lowest BCUT2D eigenvalue weighted by atomic mass is 9.77. The van der Waals surface area contributed by atoms with E-state index in [1.54, 1.807) is 0 Å². The van der Waals surface area contributed by atoms with Crippen LogP contribution < -0.4 is 20.4 Å². The average Bonchev–Trinajstić information content (AvgIpc) is 2.95. The second-order valence-electron chi connectivity index (χ2n) is 7.32. The minimum absolute atomic E-state index is 0.111. The Morgan fingerprint density at radius 2 is 2.04 bits per heavy atom. The van der Waals surface area contributed by atoms with Gasteiger partial charge in [-0.15, -0.1) is 0 Å². The normalized spacial score (nSPS) is 30.9. The van der Waals surface area contributed by atoms with Gasteiger partial charge in [-0.25, -0.2) is 0 Å². The van der Waals surface area contributed by atoms with E-state index in [4.69, 9.17) is 12.2 Å². The number of aliphatic hydroxyl groups excluding tert-OH is 2. The van der Waals surface area contributed by atoms with Crippen LogP contribution in [0.5, 0.6) is 0 Å². The summed E-state index contributed by atoms with van der Waals surface area (Å²) in [6, 6.07) is 8.77. The zero-order valence-electron chi connectivity index (χ0n) is 15.1. The molecular formula is C18H27N4O3S+. The Balaban J connectivity index is 1.85. The molecule has 1 saturated carbocycles. The fraction of sp³-hybridized carbons (Fsp3) is 0.556. The highest BCUT2D eigenvalue weighted by Crippen LogP contribution is 2.36. The van der Waals surface area contributed by atoms with Gasteiger partial charge in [0.2, 0.25) is 5.91 Å². The number of nitrogens with one attached hydrogen (secondary N) is 3. The number of fused-ring (bicyclic) bond motifs is 1. The van der Waals surface area contributed by atoms with Gasteiger partial charge in [0.05, 0.1) is 51.3 Å². The zero-order valence-corrected chi connectivity index (χ0v) is 15.9. The lowest BCUT2D eigenvalue weighted by molar-refractivity contribution is -0.856. The number of carbonyl (C=O) groups excluding carboxylic acids is 1. The molecule has 1 heterocycles. The van der Waals surface area contributed by atoms with Crippen molar-refractivity contribution in [3.63, 3.8) is 0 Å². The minimum atomic E-state index is -0.970. The Bertz CT molecular complexity index is 657. The summed E-state index contributed by atoms with van der Waals surface area (Å²) >= 11 is 5.48. The number of hydrogen-bond donors (Lipinski definition) is 5. The second-order valence-corrected chi connectivity index (χ2v) is 7.71. The number of carbonyl (C=O) groups is 1. The first kappa shape index (κ1) is 19.0. The topological polar surface area (TPSA) is 89.3 Å². The number of anilines is 1. The second kappa shape index (κ2) is 7.87. The van der Waals surface area contributed by atoms with Crippen LogP contribution in [-0.4, -0.2) is 72.7 Å². The molecular weight excluding hydrogens is 352 g/mol. The highest BCUT2D eigenvalue weighted by atomic mass is 32.1. The lowest BCUT2D eigenvalue weighted by Crippen LogP contribution is -3.06. The summed E-state index contributed by atoms with van der Waals surface area (Å²) < 4.78 is 0. The zero-order chi connectivity index (χ0) is 18.8. The SMILES string of the molecule is C[NH+](C)CCNC(=O)[C@@H]1C[C@@H](O)[C@H](O)[C@@H]2NC(=S)N(c3ccccc3)[C@@H]21. The first-order valence-corrected chi connectivity index (χ1v) is 9.38. The molecule has 1 saturated heterocycles. The van der Waals surface area contributed by atoms with E-state index >= 15 is 0 Å². The van der Waals surface area contributed by atoms with Crippen LogP contribution in [-0.2, 0) is 4.79 Å². The number of nitrogens with zero attached hydrogens (tertiary/aromatic N) is 1. The summed E-state index contributed by atoms with van der Waals surface area (Å²) in [5, 5.41) is 27.3. The Morgan fingerprint density at radius 3 is 2.69 bits per heavy atom. The molecule has 8 heteroatoms. The van der Waals surface area contributed by atoms with Gasteiger partial charge in [0.15, 0.2) is 5.11 Å². The third kappa shape index (κ3) is 3.68. The van der Waals surface area contributed by atoms with E-state index in [0.29, 0.717) is 11.7 Å². The molecule has 0 radical (unpaired) electrons. The van der Waals surface area contributed by atoms with E-state index in [9.17, 15) is 15.0 Å². The number of hydrogen-bond acceptors (Lipinski definition) is 4. The molecule has 1 amide bonds. The number of likely N-dealkylation sites (N-methyl/N-ethyl adjacent to an activating group) is 1.